The van der Waals surface area contributed by atoms with E-state index >= 15 is 0 Å². The molecule has 1 aliphatic rings. The normalized spacial score (nSPS) is 34.9. The van der Waals surface area contributed by atoms with Crippen molar-refractivity contribution in [1.82, 2.24) is 5.32 Å². The van der Waals surface area contributed by atoms with Gasteiger partial charge in [-0.3, -0.25) is 4.79 Å². The molecule has 0 radical (unpaired) electrons. The van der Waals surface area contributed by atoms with Gasteiger partial charge in [-0.05, 0) is 6.92 Å². The number of ketones is 1. The topological polar surface area (TPSA) is 29.1 Å². The van der Waals surface area contributed by atoms with Gasteiger partial charge in [-0.25, -0.2) is 4.39 Å². The van der Waals surface area contributed by atoms with Crippen molar-refractivity contribution < 1.29 is 9.18 Å². The maximum atomic E-state index is 12.3. The van der Waals surface area contributed by atoms with Gasteiger partial charge in [0.25, 0.3) is 0 Å². The van der Waals surface area contributed by atoms with Gasteiger partial charge in [-0.1, -0.05) is 0 Å². The molecular formula is C6H10FNO. The molecule has 1 saturated heterocycles. The van der Waals surface area contributed by atoms with Crippen molar-refractivity contribution in [3.05, 3.63) is 0 Å². The molecule has 0 aromatic rings. The highest BCUT2D eigenvalue weighted by Gasteiger charge is 2.26. The Balaban J connectivity index is 2.39. The lowest BCUT2D eigenvalue weighted by Gasteiger charge is -2.01. The van der Waals surface area contributed by atoms with Gasteiger partial charge in [-0.15, -0.1) is 0 Å². The quantitative estimate of drug-likeness (QED) is 0.553. The second-order valence-corrected chi connectivity index (χ2v) is 2.40. The lowest BCUT2D eigenvalue weighted by molar-refractivity contribution is -0.118. The van der Waals surface area contributed by atoms with Crippen LogP contribution in [0.3, 0.4) is 0 Å². The van der Waals surface area contributed by atoms with Crippen LogP contribution in [-0.2, 0) is 4.79 Å². The Bertz CT molecular complexity index is 126. The Morgan fingerprint density at radius 3 is 2.67 bits per heavy atom. The van der Waals surface area contributed by atoms with Crippen LogP contribution in [0.1, 0.15) is 13.3 Å². The van der Waals surface area contributed by atoms with Crippen molar-refractivity contribution >= 4 is 5.78 Å². The highest BCUT2D eigenvalue weighted by molar-refractivity contribution is 5.81. The second-order valence-electron chi connectivity index (χ2n) is 2.40. The molecule has 0 amide bonds. The highest BCUT2D eigenvalue weighted by Crippen LogP contribution is 2.09. The summed E-state index contributed by atoms with van der Waals surface area (Å²) in [6.45, 7) is 1.82. The first-order valence-electron chi connectivity index (χ1n) is 3.08. The first kappa shape index (κ1) is 6.68. The summed E-state index contributed by atoms with van der Waals surface area (Å²) in [6.07, 6.45) is -0.464. The third-order valence-corrected chi connectivity index (χ3v) is 1.57. The number of Topliss-reactive ketones (excluding diaryl/α,β-unsaturated/α-hetero) is 1. The Hall–Kier alpha value is -0.440. The molecule has 0 spiro atoms. The zero-order valence-electron chi connectivity index (χ0n) is 5.36. The monoisotopic (exact) mass is 131 g/mol. The van der Waals surface area contributed by atoms with E-state index in [9.17, 15) is 9.18 Å². The first-order valence-corrected chi connectivity index (χ1v) is 3.08. The molecule has 0 aromatic heterocycles. The molecule has 1 heterocycles. The molecule has 52 valence electrons. The highest BCUT2D eigenvalue weighted by atomic mass is 19.1. The van der Waals surface area contributed by atoms with Crippen molar-refractivity contribution in [2.75, 3.05) is 6.54 Å². The van der Waals surface area contributed by atoms with E-state index in [2.05, 4.69) is 5.32 Å². The molecule has 2 nitrogen and oxygen atoms in total. The number of carbonyl (C=O) groups excluding carboxylic acids is 1. The molecule has 1 aliphatic heterocycles. The van der Waals surface area contributed by atoms with E-state index in [0.717, 1.165) is 0 Å². The van der Waals surface area contributed by atoms with Crippen LogP contribution in [0.5, 0.6) is 0 Å². The number of halogens is 1. The van der Waals surface area contributed by atoms with Gasteiger partial charge in [0, 0.05) is 13.0 Å². The Morgan fingerprint density at radius 2 is 2.44 bits per heavy atom. The van der Waals surface area contributed by atoms with E-state index in [1.165, 1.54) is 6.92 Å². The average molecular weight is 131 g/mol. The number of rotatable bonds is 1. The van der Waals surface area contributed by atoms with Crippen molar-refractivity contribution in [3.8, 4) is 0 Å². The van der Waals surface area contributed by atoms with Crippen LogP contribution in [-0.4, -0.2) is 24.5 Å². The summed E-state index contributed by atoms with van der Waals surface area (Å²) in [4.78, 5) is 10.6. The fourth-order valence-corrected chi connectivity index (χ4v) is 1.00. The summed E-state index contributed by atoms with van der Waals surface area (Å²) in [6, 6.07) is -0.222. The minimum atomic E-state index is -0.820. The molecule has 0 saturated carbocycles. The summed E-state index contributed by atoms with van der Waals surface area (Å²) in [7, 11) is 0. The van der Waals surface area contributed by atoms with Crippen LogP contribution >= 0.6 is 0 Å². The summed E-state index contributed by atoms with van der Waals surface area (Å²) in [5.41, 5.74) is 0. The maximum absolute atomic E-state index is 12.3. The van der Waals surface area contributed by atoms with Crippen LogP contribution < -0.4 is 5.32 Å². The van der Waals surface area contributed by atoms with Crippen molar-refractivity contribution in [2.24, 2.45) is 0 Å². The summed E-state index contributed by atoms with van der Waals surface area (Å²) in [5.74, 6) is 0.0372. The Kier molecular flexibility index (Phi) is 1.81. The lowest BCUT2D eigenvalue weighted by Crippen LogP contribution is -2.28. The lowest BCUT2D eigenvalue weighted by atomic mass is 10.1. The van der Waals surface area contributed by atoms with Crippen molar-refractivity contribution in [3.63, 3.8) is 0 Å². The molecule has 3 heteroatoms. The molecule has 0 aliphatic carbocycles. The smallest absolute Gasteiger partial charge is 0.146 e. The Morgan fingerprint density at radius 1 is 1.78 bits per heavy atom. The van der Waals surface area contributed by atoms with Gasteiger partial charge in [0.05, 0.1) is 6.04 Å². The SMILES string of the molecule is CC(=O)C1CC(F)CN1. The Labute approximate surface area is 53.4 Å². The maximum Gasteiger partial charge on any atom is 0.146 e. The van der Waals surface area contributed by atoms with Crippen LogP contribution in [0.4, 0.5) is 4.39 Å². The first-order chi connectivity index (χ1) is 4.20. The predicted octanol–water partition coefficient (Wildman–Crippen LogP) is 0.275. The number of hydrogen-bond donors (Lipinski definition) is 1. The zero-order valence-corrected chi connectivity index (χ0v) is 5.36. The van der Waals surface area contributed by atoms with E-state index in [1.807, 2.05) is 0 Å². The molecular weight excluding hydrogens is 121 g/mol. The van der Waals surface area contributed by atoms with Gasteiger partial charge < -0.3 is 5.32 Å². The number of hydrogen-bond acceptors (Lipinski definition) is 2. The van der Waals surface area contributed by atoms with Crippen LogP contribution in [0.2, 0.25) is 0 Å². The third kappa shape index (κ3) is 1.48. The van der Waals surface area contributed by atoms with Crippen LogP contribution in [0.15, 0.2) is 0 Å². The van der Waals surface area contributed by atoms with E-state index in [0.29, 0.717) is 13.0 Å². The minimum absolute atomic E-state index is 0.0372. The summed E-state index contributed by atoms with van der Waals surface area (Å²) < 4.78 is 12.3. The molecule has 9 heavy (non-hydrogen) atoms. The molecule has 2 unspecified atom stereocenters. The van der Waals surface area contributed by atoms with E-state index in [-0.39, 0.29) is 11.8 Å². The van der Waals surface area contributed by atoms with E-state index in [4.69, 9.17) is 0 Å². The molecule has 0 bridgehead atoms. The van der Waals surface area contributed by atoms with Crippen molar-refractivity contribution in [1.29, 1.82) is 0 Å². The molecule has 0 aromatic carbocycles. The molecule has 1 N–H and O–H groups in total. The number of nitrogens with one attached hydrogen (secondary N) is 1. The van der Waals surface area contributed by atoms with Crippen LogP contribution in [0, 0.1) is 0 Å². The zero-order chi connectivity index (χ0) is 6.85. The largest absolute Gasteiger partial charge is 0.304 e. The molecule has 1 rings (SSSR count). The molecule has 1 fully saturated rings. The van der Waals surface area contributed by atoms with Gasteiger partial charge in [-0.2, -0.15) is 0 Å². The second kappa shape index (κ2) is 2.43. The average Bonchev–Trinajstić information content (AvgIpc) is 2.14. The number of carbonyl (C=O) groups is 1. The number of alkyl halides is 1. The van der Waals surface area contributed by atoms with Gasteiger partial charge in [0.1, 0.15) is 12.0 Å². The van der Waals surface area contributed by atoms with Crippen molar-refractivity contribution in [2.45, 2.75) is 25.6 Å². The summed E-state index contributed by atoms with van der Waals surface area (Å²) in [5, 5.41) is 2.78. The van der Waals surface area contributed by atoms with E-state index in [1.54, 1.807) is 0 Å². The van der Waals surface area contributed by atoms with Crippen LogP contribution in [0.25, 0.3) is 0 Å². The third-order valence-electron chi connectivity index (χ3n) is 1.57. The molecule has 2 atom stereocenters. The summed E-state index contributed by atoms with van der Waals surface area (Å²) >= 11 is 0. The van der Waals surface area contributed by atoms with Gasteiger partial charge in [0.2, 0.25) is 0 Å². The fourth-order valence-electron chi connectivity index (χ4n) is 1.00. The minimum Gasteiger partial charge on any atom is -0.304 e. The van der Waals surface area contributed by atoms with Gasteiger partial charge in [0.15, 0.2) is 0 Å². The van der Waals surface area contributed by atoms with E-state index < -0.39 is 6.17 Å². The predicted molar refractivity (Wildman–Crippen MR) is 32.0 cm³/mol. The van der Waals surface area contributed by atoms with Gasteiger partial charge >= 0.3 is 0 Å². The fraction of sp³-hybridized carbons (Fsp3) is 0.833. The standard InChI is InChI=1S/C6H10FNO/c1-4(9)6-2-5(7)3-8-6/h5-6,8H,2-3H2,1H3.